The number of ether oxygens (including phenoxy) is 1. The highest BCUT2D eigenvalue weighted by atomic mass is 16.5. The molecule has 0 amide bonds. The molecule has 1 aliphatic rings. The third-order valence-corrected chi connectivity index (χ3v) is 3.40. The lowest BCUT2D eigenvalue weighted by atomic mass is 9.86. The average Bonchev–Trinajstić information content (AvgIpc) is 2.26. The quantitative estimate of drug-likeness (QED) is 0.726. The van der Waals surface area contributed by atoms with Gasteiger partial charge in [0.15, 0.2) is 0 Å². The van der Waals surface area contributed by atoms with E-state index in [-0.39, 0.29) is 11.9 Å². The van der Waals surface area contributed by atoms with Crippen LogP contribution >= 0.6 is 0 Å². The van der Waals surface area contributed by atoms with E-state index in [0.717, 1.165) is 12.5 Å². The second kappa shape index (κ2) is 6.11. The molecule has 0 unspecified atom stereocenters. The highest BCUT2D eigenvalue weighted by Crippen LogP contribution is 2.23. The van der Waals surface area contributed by atoms with E-state index >= 15 is 0 Å². The van der Waals surface area contributed by atoms with Gasteiger partial charge in [-0.25, -0.2) is 0 Å². The largest absolute Gasteiger partial charge is 0.469 e. The van der Waals surface area contributed by atoms with Gasteiger partial charge in [-0.15, -0.1) is 0 Å². The van der Waals surface area contributed by atoms with E-state index < -0.39 is 0 Å². The van der Waals surface area contributed by atoms with E-state index in [2.05, 4.69) is 12.2 Å². The fraction of sp³-hybridized carbons (Fsp3) is 0.917. The van der Waals surface area contributed by atoms with E-state index in [1.165, 1.54) is 32.8 Å². The fourth-order valence-electron chi connectivity index (χ4n) is 2.23. The third kappa shape index (κ3) is 3.82. The molecule has 88 valence electrons. The van der Waals surface area contributed by atoms with Crippen LogP contribution in [0, 0.1) is 11.8 Å². The monoisotopic (exact) mass is 213 g/mol. The summed E-state index contributed by atoms with van der Waals surface area (Å²) in [4.78, 5) is 11.2. The summed E-state index contributed by atoms with van der Waals surface area (Å²) in [6.45, 7) is 4.94. The van der Waals surface area contributed by atoms with Crippen LogP contribution in [-0.2, 0) is 9.53 Å². The third-order valence-electron chi connectivity index (χ3n) is 3.40. The second-order valence-electron chi connectivity index (χ2n) is 4.70. The summed E-state index contributed by atoms with van der Waals surface area (Å²) < 4.78 is 4.70. The van der Waals surface area contributed by atoms with Gasteiger partial charge in [-0.2, -0.15) is 0 Å². The maximum absolute atomic E-state index is 11.2. The van der Waals surface area contributed by atoms with Crippen LogP contribution in [0.25, 0.3) is 0 Å². The zero-order valence-electron chi connectivity index (χ0n) is 10.1. The summed E-state index contributed by atoms with van der Waals surface area (Å²) in [7, 11) is 1.45. The number of esters is 1. The van der Waals surface area contributed by atoms with Crippen LogP contribution in [0.5, 0.6) is 0 Å². The Labute approximate surface area is 92.6 Å². The molecule has 3 heteroatoms. The van der Waals surface area contributed by atoms with E-state index in [9.17, 15) is 4.79 Å². The minimum absolute atomic E-state index is 0.0378. The van der Waals surface area contributed by atoms with Crippen molar-refractivity contribution in [1.29, 1.82) is 0 Å². The van der Waals surface area contributed by atoms with Gasteiger partial charge in [0.05, 0.1) is 13.0 Å². The van der Waals surface area contributed by atoms with E-state index in [0.29, 0.717) is 6.04 Å². The van der Waals surface area contributed by atoms with Crippen LogP contribution in [0.3, 0.4) is 0 Å². The average molecular weight is 213 g/mol. The molecule has 3 nitrogen and oxygen atoms in total. The van der Waals surface area contributed by atoms with E-state index in [4.69, 9.17) is 4.74 Å². The van der Waals surface area contributed by atoms with Crippen molar-refractivity contribution in [3.8, 4) is 0 Å². The zero-order chi connectivity index (χ0) is 11.3. The highest BCUT2D eigenvalue weighted by molar-refractivity contribution is 5.72. The van der Waals surface area contributed by atoms with Gasteiger partial charge in [0.2, 0.25) is 0 Å². The molecule has 1 aliphatic carbocycles. The number of methoxy groups -OCH3 is 1. The van der Waals surface area contributed by atoms with Gasteiger partial charge in [-0.1, -0.05) is 26.7 Å². The molecule has 1 saturated carbocycles. The van der Waals surface area contributed by atoms with Crippen LogP contribution in [0.1, 0.15) is 39.5 Å². The van der Waals surface area contributed by atoms with Crippen LogP contribution in [0.2, 0.25) is 0 Å². The highest BCUT2D eigenvalue weighted by Gasteiger charge is 2.22. The van der Waals surface area contributed by atoms with Crippen molar-refractivity contribution in [2.75, 3.05) is 13.7 Å². The number of carbonyl (C=O) groups excluding carboxylic acids is 1. The molecule has 15 heavy (non-hydrogen) atoms. The second-order valence-corrected chi connectivity index (χ2v) is 4.70. The molecule has 1 N–H and O–H groups in total. The van der Waals surface area contributed by atoms with Crippen LogP contribution in [0.4, 0.5) is 0 Å². The van der Waals surface area contributed by atoms with Crippen molar-refractivity contribution in [2.24, 2.45) is 11.8 Å². The molecule has 0 aromatic carbocycles. The Balaban J connectivity index is 2.26. The first-order chi connectivity index (χ1) is 7.15. The Kier molecular flexibility index (Phi) is 5.09. The van der Waals surface area contributed by atoms with Crippen LogP contribution in [-0.4, -0.2) is 25.7 Å². The number of hydrogen-bond acceptors (Lipinski definition) is 3. The Morgan fingerprint density at radius 1 is 1.47 bits per heavy atom. The Bertz CT molecular complexity index is 206. The van der Waals surface area contributed by atoms with E-state index in [1.54, 1.807) is 0 Å². The molecule has 0 aromatic heterocycles. The first-order valence-electron chi connectivity index (χ1n) is 5.96. The van der Waals surface area contributed by atoms with Crippen LogP contribution < -0.4 is 5.32 Å². The summed E-state index contributed by atoms with van der Waals surface area (Å²) in [5.74, 6) is 0.582. The lowest BCUT2D eigenvalue weighted by molar-refractivity contribution is -0.144. The van der Waals surface area contributed by atoms with Gasteiger partial charge in [-0.05, 0) is 18.8 Å². The summed E-state index contributed by atoms with van der Waals surface area (Å²) >= 11 is 0. The molecule has 3 atom stereocenters. The summed E-state index contributed by atoms with van der Waals surface area (Å²) in [6, 6.07) is 0.589. The van der Waals surface area contributed by atoms with Crippen molar-refractivity contribution in [2.45, 2.75) is 45.6 Å². The molecule has 0 aromatic rings. The number of carbonyl (C=O) groups is 1. The Morgan fingerprint density at radius 2 is 2.13 bits per heavy atom. The topological polar surface area (TPSA) is 38.3 Å². The molecule has 0 bridgehead atoms. The Morgan fingerprint density at radius 3 is 2.73 bits per heavy atom. The number of rotatable bonds is 4. The smallest absolute Gasteiger partial charge is 0.309 e. The molecule has 0 heterocycles. The molecular formula is C12H23NO2. The summed E-state index contributed by atoms with van der Waals surface area (Å²) in [5, 5.41) is 3.49. The van der Waals surface area contributed by atoms with Crippen molar-refractivity contribution in [3.63, 3.8) is 0 Å². The summed E-state index contributed by atoms with van der Waals surface area (Å²) in [5.41, 5.74) is 0. The lowest BCUT2D eigenvalue weighted by Crippen LogP contribution is -2.40. The van der Waals surface area contributed by atoms with Gasteiger partial charge in [0.25, 0.3) is 0 Å². The van der Waals surface area contributed by atoms with Gasteiger partial charge < -0.3 is 10.1 Å². The molecule has 0 spiro atoms. The van der Waals surface area contributed by atoms with Gasteiger partial charge in [0.1, 0.15) is 0 Å². The van der Waals surface area contributed by atoms with Crippen molar-refractivity contribution >= 4 is 5.97 Å². The van der Waals surface area contributed by atoms with Crippen molar-refractivity contribution in [3.05, 3.63) is 0 Å². The minimum Gasteiger partial charge on any atom is -0.469 e. The zero-order valence-corrected chi connectivity index (χ0v) is 10.1. The molecule has 1 rings (SSSR count). The van der Waals surface area contributed by atoms with Gasteiger partial charge in [0, 0.05) is 12.6 Å². The molecule has 0 aliphatic heterocycles. The van der Waals surface area contributed by atoms with Crippen LogP contribution in [0.15, 0.2) is 0 Å². The standard InChI is InChI=1S/C12H23NO2/c1-9-6-4-5-7-11(9)13-8-10(2)12(14)15-3/h9-11,13H,4-8H2,1-3H3/t9-,10-,11-/m0/s1. The fourth-order valence-corrected chi connectivity index (χ4v) is 2.23. The maximum atomic E-state index is 11.2. The minimum atomic E-state index is -0.119. The van der Waals surface area contributed by atoms with E-state index in [1.807, 2.05) is 6.92 Å². The molecular weight excluding hydrogens is 190 g/mol. The molecule has 0 radical (unpaired) electrons. The normalized spacial score (nSPS) is 28.5. The van der Waals surface area contributed by atoms with Gasteiger partial charge >= 0.3 is 5.97 Å². The predicted molar refractivity (Wildman–Crippen MR) is 60.6 cm³/mol. The summed E-state index contributed by atoms with van der Waals surface area (Å²) in [6.07, 6.45) is 5.22. The lowest BCUT2D eigenvalue weighted by Gasteiger charge is -2.30. The molecule has 1 fully saturated rings. The van der Waals surface area contributed by atoms with Crippen molar-refractivity contribution < 1.29 is 9.53 Å². The molecule has 0 saturated heterocycles. The number of nitrogens with one attached hydrogen (secondary N) is 1. The van der Waals surface area contributed by atoms with Crippen molar-refractivity contribution in [1.82, 2.24) is 5.32 Å². The number of hydrogen-bond donors (Lipinski definition) is 1. The van der Waals surface area contributed by atoms with Gasteiger partial charge in [-0.3, -0.25) is 4.79 Å². The first kappa shape index (κ1) is 12.5. The first-order valence-corrected chi connectivity index (χ1v) is 5.96. The SMILES string of the molecule is COC(=O)[C@@H](C)CN[C@H]1CCCC[C@@H]1C. The predicted octanol–water partition coefficient (Wildman–Crippen LogP) is 1.96. The maximum Gasteiger partial charge on any atom is 0.309 e. The Hall–Kier alpha value is -0.570.